The van der Waals surface area contributed by atoms with Crippen molar-refractivity contribution in [3.63, 3.8) is 0 Å². The standard InChI is InChI=1S/C33H41FN4O6/c1-20-17-36-26-16-30(43-19-21-10-12-35-13-11-21)29(42-3)15-24(26)31(20)44-28-9-8-23(14-25(28)34)38-33(40)32(39)37-18-22-6-4-5-7-27(22)41-2/h5,7,14-16,20-21,35H,4,6,8-13,17-19H2,1-3H3,(H,37,39)(H,38,40). The van der Waals surface area contributed by atoms with Crippen LogP contribution in [0.4, 0.5) is 4.39 Å². The molecular formula is C33H41FN4O6. The van der Waals surface area contributed by atoms with Crippen molar-refractivity contribution in [3.8, 4) is 11.5 Å². The van der Waals surface area contributed by atoms with E-state index in [-0.39, 0.29) is 24.6 Å². The predicted molar refractivity (Wildman–Crippen MR) is 162 cm³/mol. The number of allylic oxidation sites excluding steroid dienone is 6. The van der Waals surface area contributed by atoms with Gasteiger partial charge in [-0.05, 0) is 74.9 Å². The third kappa shape index (κ3) is 7.50. The topological polar surface area (TPSA) is 120 Å². The zero-order valence-corrected chi connectivity index (χ0v) is 25.6. The Kier molecular flexibility index (Phi) is 10.4. The van der Waals surface area contributed by atoms with E-state index in [1.54, 1.807) is 14.2 Å². The molecule has 1 aromatic carbocycles. The number of ether oxygens (including phenoxy) is 4. The van der Waals surface area contributed by atoms with Crippen LogP contribution in [0.3, 0.4) is 0 Å². The lowest BCUT2D eigenvalue weighted by atomic mass is 9.99. The Morgan fingerprint density at radius 3 is 2.64 bits per heavy atom. The van der Waals surface area contributed by atoms with Crippen molar-refractivity contribution in [3.05, 3.63) is 69.6 Å². The molecule has 236 valence electrons. The Labute approximate surface area is 256 Å². The molecule has 5 rings (SSSR count). The molecule has 1 atom stereocenters. The number of benzene rings is 1. The minimum atomic E-state index is -0.851. The summed E-state index contributed by atoms with van der Waals surface area (Å²) in [5.41, 5.74) is 1.22. The lowest BCUT2D eigenvalue weighted by Gasteiger charge is -2.24. The second-order valence-corrected chi connectivity index (χ2v) is 11.4. The average Bonchev–Trinajstić information content (AvgIpc) is 3.05. The van der Waals surface area contributed by atoms with Gasteiger partial charge in [-0.3, -0.25) is 14.6 Å². The number of halogens is 1. The van der Waals surface area contributed by atoms with Crippen molar-refractivity contribution < 1.29 is 32.9 Å². The number of fused-ring (bicyclic) bond motifs is 1. The van der Waals surface area contributed by atoms with Crippen molar-refractivity contribution in [2.24, 2.45) is 16.8 Å². The minimum Gasteiger partial charge on any atom is -0.497 e. The fourth-order valence-corrected chi connectivity index (χ4v) is 5.70. The van der Waals surface area contributed by atoms with Crippen LogP contribution in [-0.2, 0) is 19.1 Å². The molecule has 0 saturated carbocycles. The highest BCUT2D eigenvalue weighted by atomic mass is 19.1. The minimum absolute atomic E-state index is 0.0869. The van der Waals surface area contributed by atoms with E-state index in [9.17, 15) is 9.59 Å². The molecule has 1 fully saturated rings. The Hall–Kier alpha value is -4.12. The number of nitrogens with zero attached hydrogens (tertiary/aromatic N) is 1. The van der Waals surface area contributed by atoms with Crippen LogP contribution in [0.2, 0.25) is 0 Å². The van der Waals surface area contributed by atoms with Gasteiger partial charge in [0.2, 0.25) is 0 Å². The molecule has 44 heavy (non-hydrogen) atoms. The SMILES string of the molecule is COC1=C(CNC(=O)C(=O)NC2=CC(F)=C(OC3=c4cc(OC)c(OCC5CCNCC5)cc4=NCC3C)CC2)CCC=C1. The van der Waals surface area contributed by atoms with E-state index in [2.05, 4.69) is 16.0 Å². The summed E-state index contributed by atoms with van der Waals surface area (Å²) < 4.78 is 38.6. The van der Waals surface area contributed by atoms with Crippen LogP contribution >= 0.6 is 0 Å². The third-order valence-electron chi connectivity index (χ3n) is 8.28. The predicted octanol–water partition coefficient (Wildman–Crippen LogP) is 2.81. The summed E-state index contributed by atoms with van der Waals surface area (Å²) in [4.78, 5) is 29.6. The van der Waals surface area contributed by atoms with E-state index in [0.29, 0.717) is 59.6 Å². The average molecular weight is 609 g/mol. The summed E-state index contributed by atoms with van der Waals surface area (Å²) in [7, 11) is 3.16. The number of piperidine rings is 1. The number of hydrogen-bond acceptors (Lipinski definition) is 8. The summed E-state index contributed by atoms with van der Waals surface area (Å²) in [6.45, 7) is 5.27. The summed E-state index contributed by atoms with van der Waals surface area (Å²) in [6.07, 6.45) is 9.29. The van der Waals surface area contributed by atoms with Crippen molar-refractivity contribution in [2.75, 3.05) is 47.0 Å². The van der Waals surface area contributed by atoms with Crippen LogP contribution in [0, 0.1) is 11.8 Å². The fraction of sp³-hybridized carbons (Fsp3) is 0.485. The molecule has 3 N–H and O–H groups in total. The second-order valence-electron chi connectivity index (χ2n) is 11.4. The molecule has 0 radical (unpaired) electrons. The molecule has 2 aliphatic carbocycles. The fourth-order valence-electron chi connectivity index (χ4n) is 5.70. The molecule has 1 unspecified atom stereocenters. The number of carbonyl (C=O) groups excluding carboxylic acids is 2. The maximum atomic E-state index is 15.3. The molecular weight excluding hydrogens is 567 g/mol. The largest absolute Gasteiger partial charge is 0.497 e. The molecule has 1 saturated heterocycles. The van der Waals surface area contributed by atoms with E-state index in [0.717, 1.165) is 49.6 Å². The molecule has 10 nitrogen and oxygen atoms in total. The number of rotatable bonds is 10. The highest BCUT2D eigenvalue weighted by Crippen LogP contribution is 2.31. The van der Waals surface area contributed by atoms with Crippen LogP contribution in [-0.4, -0.2) is 58.8 Å². The first-order chi connectivity index (χ1) is 21.4. The molecule has 11 heteroatoms. The third-order valence-corrected chi connectivity index (χ3v) is 8.28. The number of methoxy groups -OCH3 is 2. The number of carbonyl (C=O) groups is 2. The van der Waals surface area contributed by atoms with Gasteiger partial charge in [0.15, 0.2) is 17.3 Å². The van der Waals surface area contributed by atoms with Gasteiger partial charge >= 0.3 is 11.8 Å². The van der Waals surface area contributed by atoms with Gasteiger partial charge in [0, 0.05) is 42.4 Å². The Bertz CT molecular complexity index is 1520. The van der Waals surface area contributed by atoms with Crippen LogP contribution in [0.25, 0.3) is 5.76 Å². The van der Waals surface area contributed by atoms with Crippen LogP contribution in [0.5, 0.6) is 11.5 Å². The molecule has 2 aliphatic heterocycles. The first-order valence-electron chi connectivity index (χ1n) is 15.2. The summed E-state index contributed by atoms with van der Waals surface area (Å²) >= 11 is 0. The van der Waals surface area contributed by atoms with Gasteiger partial charge in [-0.1, -0.05) is 13.0 Å². The van der Waals surface area contributed by atoms with Gasteiger partial charge in [-0.15, -0.1) is 0 Å². The van der Waals surface area contributed by atoms with Gasteiger partial charge in [-0.25, -0.2) is 4.39 Å². The van der Waals surface area contributed by atoms with Crippen LogP contribution in [0.1, 0.15) is 45.4 Å². The van der Waals surface area contributed by atoms with Crippen molar-refractivity contribution >= 4 is 17.6 Å². The normalized spacial score (nSPS) is 20.3. The van der Waals surface area contributed by atoms with Crippen molar-refractivity contribution in [1.82, 2.24) is 16.0 Å². The van der Waals surface area contributed by atoms with Gasteiger partial charge < -0.3 is 34.9 Å². The monoisotopic (exact) mass is 608 g/mol. The first kappa shape index (κ1) is 31.3. The molecule has 1 aromatic rings. The molecule has 0 bridgehead atoms. The molecule has 0 aromatic heterocycles. The number of nitrogens with one attached hydrogen (secondary N) is 3. The lowest BCUT2D eigenvalue weighted by Crippen LogP contribution is -2.40. The van der Waals surface area contributed by atoms with E-state index >= 15 is 4.39 Å². The van der Waals surface area contributed by atoms with E-state index in [1.165, 1.54) is 6.08 Å². The zero-order chi connectivity index (χ0) is 31.1. The van der Waals surface area contributed by atoms with E-state index < -0.39 is 17.6 Å². The summed E-state index contributed by atoms with van der Waals surface area (Å²) in [6, 6.07) is 3.71. The highest BCUT2D eigenvalue weighted by molar-refractivity contribution is 6.35. The van der Waals surface area contributed by atoms with Gasteiger partial charge in [-0.2, -0.15) is 0 Å². The van der Waals surface area contributed by atoms with E-state index in [1.807, 2.05) is 31.2 Å². The van der Waals surface area contributed by atoms with Crippen molar-refractivity contribution in [1.29, 1.82) is 0 Å². The number of amides is 2. The van der Waals surface area contributed by atoms with Gasteiger partial charge in [0.25, 0.3) is 0 Å². The second kappa shape index (κ2) is 14.6. The van der Waals surface area contributed by atoms with Crippen LogP contribution < -0.4 is 36.0 Å². The van der Waals surface area contributed by atoms with Gasteiger partial charge in [0.05, 0.1) is 26.2 Å². The molecule has 0 spiro atoms. The van der Waals surface area contributed by atoms with Crippen molar-refractivity contribution in [2.45, 2.75) is 45.4 Å². The highest BCUT2D eigenvalue weighted by Gasteiger charge is 2.25. The molecule has 2 heterocycles. The lowest BCUT2D eigenvalue weighted by molar-refractivity contribution is -0.138. The summed E-state index contributed by atoms with van der Waals surface area (Å²) in [5, 5.41) is 9.96. The quantitative estimate of drug-likeness (QED) is 0.350. The van der Waals surface area contributed by atoms with Gasteiger partial charge in [0.1, 0.15) is 17.3 Å². The zero-order valence-electron chi connectivity index (χ0n) is 25.6. The smallest absolute Gasteiger partial charge is 0.313 e. The first-order valence-corrected chi connectivity index (χ1v) is 15.2. The molecule has 2 amide bonds. The Morgan fingerprint density at radius 1 is 1.07 bits per heavy atom. The summed E-state index contributed by atoms with van der Waals surface area (Å²) in [5.74, 6) is 0.799. The molecule has 4 aliphatic rings. The maximum absolute atomic E-state index is 15.3. The maximum Gasteiger partial charge on any atom is 0.313 e. The number of hydrogen-bond donors (Lipinski definition) is 3. The Balaban J connectivity index is 1.27. The van der Waals surface area contributed by atoms with Crippen LogP contribution in [0.15, 0.2) is 64.0 Å². The Morgan fingerprint density at radius 2 is 1.89 bits per heavy atom. The van der Waals surface area contributed by atoms with E-state index in [4.69, 9.17) is 23.9 Å².